The molecule has 0 radical (unpaired) electrons. The van der Waals surface area contributed by atoms with Gasteiger partial charge < -0.3 is 14.2 Å². The van der Waals surface area contributed by atoms with Gasteiger partial charge in [-0.1, -0.05) is 6.07 Å². The third-order valence-electron chi connectivity index (χ3n) is 6.25. The van der Waals surface area contributed by atoms with Crippen molar-refractivity contribution in [3.63, 3.8) is 0 Å². The Morgan fingerprint density at radius 3 is 2.55 bits per heavy atom. The molecule has 0 unspecified atom stereocenters. The molecule has 168 valence electrons. The zero-order valence-corrected chi connectivity index (χ0v) is 18.1. The van der Waals surface area contributed by atoms with Crippen LogP contribution in [-0.2, 0) is 25.8 Å². The maximum atomic E-state index is 13.2. The summed E-state index contributed by atoms with van der Waals surface area (Å²) in [4.78, 5) is 17.1. The van der Waals surface area contributed by atoms with Gasteiger partial charge in [0.2, 0.25) is 0 Å². The van der Waals surface area contributed by atoms with E-state index in [4.69, 9.17) is 4.74 Å². The second-order valence-electron chi connectivity index (χ2n) is 8.95. The number of hydrogen-bond donors (Lipinski definition) is 0. The van der Waals surface area contributed by atoms with Gasteiger partial charge in [0.1, 0.15) is 5.75 Å². The number of nitrogens with zero attached hydrogens (tertiary/aromatic N) is 3. The largest absolute Gasteiger partial charge is 0.496 e. The molecule has 1 aromatic carbocycles. The third kappa shape index (κ3) is 4.50. The van der Waals surface area contributed by atoms with Crippen LogP contribution in [0.4, 0.5) is 13.2 Å². The van der Waals surface area contributed by atoms with Gasteiger partial charge in [0.15, 0.2) is 0 Å². The van der Waals surface area contributed by atoms with E-state index in [2.05, 4.69) is 11.0 Å². The molecule has 3 heterocycles. The van der Waals surface area contributed by atoms with Gasteiger partial charge in [0.05, 0.1) is 12.7 Å². The first-order chi connectivity index (χ1) is 14.7. The lowest BCUT2D eigenvalue weighted by molar-refractivity contribution is -0.137. The zero-order valence-electron chi connectivity index (χ0n) is 18.1. The highest BCUT2D eigenvalue weighted by Crippen LogP contribution is 2.37. The molecule has 0 aliphatic carbocycles. The normalized spacial score (nSPS) is 21.3. The number of halogens is 3. The third-order valence-corrected chi connectivity index (χ3v) is 6.25. The molecular formula is C23H28F3N3O2. The van der Waals surface area contributed by atoms with Gasteiger partial charge in [-0.3, -0.25) is 9.69 Å². The van der Waals surface area contributed by atoms with E-state index in [1.54, 1.807) is 0 Å². The van der Waals surface area contributed by atoms with Gasteiger partial charge in [0, 0.05) is 55.5 Å². The minimum absolute atomic E-state index is 0.0777. The second-order valence-corrected chi connectivity index (χ2v) is 8.95. The Morgan fingerprint density at radius 2 is 1.87 bits per heavy atom. The summed E-state index contributed by atoms with van der Waals surface area (Å²) in [7, 11) is 5.36. The van der Waals surface area contributed by atoms with E-state index in [1.165, 1.54) is 19.2 Å². The summed E-state index contributed by atoms with van der Waals surface area (Å²) in [6.07, 6.45) is -3.38. The minimum Gasteiger partial charge on any atom is -0.496 e. The van der Waals surface area contributed by atoms with Gasteiger partial charge in [0.25, 0.3) is 5.56 Å². The van der Waals surface area contributed by atoms with Gasteiger partial charge in [-0.2, -0.15) is 13.2 Å². The van der Waals surface area contributed by atoms with Crippen molar-refractivity contribution in [2.24, 2.45) is 5.92 Å². The number of piperidine rings is 1. The maximum Gasteiger partial charge on any atom is 0.416 e. The first-order valence-electron chi connectivity index (χ1n) is 10.5. The molecule has 2 aliphatic heterocycles. The number of fused-ring (bicyclic) bond motifs is 4. The van der Waals surface area contributed by atoms with Crippen LogP contribution in [0.2, 0.25) is 0 Å². The molecule has 1 fully saturated rings. The van der Waals surface area contributed by atoms with Gasteiger partial charge >= 0.3 is 6.18 Å². The van der Waals surface area contributed by atoms with E-state index < -0.39 is 11.7 Å². The standard InChI is InChI=1S/C23H28F3N3O2/c1-27(2)12-16-4-6-20-17-8-15(11-29(20)22(16)30)10-28(13-17)14-18-9-19(23(24,25)26)5-7-21(18)31-3/h4-7,9,15,17H,8,10-14H2,1-3H3/t15-,17+/m0/s1. The Morgan fingerprint density at radius 1 is 1.10 bits per heavy atom. The van der Waals surface area contributed by atoms with Crippen LogP contribution in [0.1, 0.15) is 34.7 Å². The Labute approximate surface area is 180 Å². The molecule has 2 aliphatic rings. The predicted octanol–water partition coefficient (Wildman–Crippen LogP) is 3.56. The van der Waals surface area contributed by atoms with Crippen molar-refractivity contribution in [3.8, 4) is 5.75 Å². The molecule has 0 spiro atoms. The van der Waals surface area contributed by atoms with E-state index in [0.29, 0.717) is 43.4 Å². The van der Waals surface area contributed by atoms with Crippen LogP contribution >= 0.6 is 0 Å². The number of ether oxygens (including phenoxy) is 1. The second kappa shape index (κ2) is 8.31. The highest BCUT2D eigenvalue weighted by molar-refractivity contribution is 5.38. The minimum atomic E-state index is -4.39. The molecule has 31 heavy (non-hydrogen) atoms. The molecule has 0 amide bonds. The Hall–Kier alpha value is -2.32. The molecule has 4 rings (SSSR count). The molecule has 1 saturated heterocycles. The summed E-state index contributed by atoms with van der Waals surface area (Å²) in [6, 6.07) is 7.61. The van der Waals surface area contributed by atoms with E-state index in [-0.39, 0.29) is 11.5 Å². The van der Waals surface area contributed by atoms with E-state index >= 15 is 0 Å². The van der Waals surface area contributed by atoms with Crippen LogP contribution < -0.4 is 10.3 Å². The lowest BCUT2D eigenvalue weighted by Gasteiger charge is -2.43. The van der Waals surface area contributed by atoms with Gasteiger partial charge in [-0.15, -0.1) is 0 Å². The first kappa shape index (κ1) is 21.9. The first-order valence-corrected chi connectivity index (χ1v) is 10.5. The summed E-state index contributed by atoms with van der Waals surface area (Å²) in [6.45, 7) is 3.11. The summed E-state index contributed by atoms with van der Waals surface area (Å²) in [5.41, 5.74) is 1.78. The molecule has 0 saturated carbocycles. The van der Waals surface area contributed by atoms with Crippen molar-refractivity contribution < 1.29 is 17.9 Å². The molecule has 5 nitrogen and oxygen atoms in total. The number of hydrogen-bond acceptors (Lipinski definition) is 4. The number of alkyl halides is 3. The molecule has 0 N–H and O–H groups in total. The average Bonchev–Trinajstić information content (AvgIpc) is 2.69. The quantitative estimate of drug-likeness (QED) is 0.720. The number of rotatable bonds is 5. The van der Waals surface area contributed by atoms with Gasteiger partial charge in [-0.25, -0.2) is 0 Å². The average molecular weight is 435 g/mol. The van der Waals surface area contributed by atoms with Crippen molar-refractivity contribution in [3.05, 3.63) is 63.1 Å². The van der Waals surface area contributed by atoms with Crippen LogP contribution in [0.3, 0.4) is 0 Å². The van der Waals surface area contributed by atoms with Crippen LogP contribution in [0, 0.1) is 5.92 Å². The number of pyridine rings is 1. The fourth-order valence-corrected chi connectivity index (χ4v) is 5.00. The fraction of sp³-hybridized carbons (Fsp3) is 0.522. The van der Waals surface area contributed by atoms with E-state index in [9.17, 15) is 18.0 Å². The highest BCUT2D eigenvalue weighted by Gasteiger charge is 2.36. The smallest absolute Gasteiger partial charge is 0.416 e. The topological polar surface area (TPSA) is 37.7 Å². The molecule has 1 aromatic heterocycles. The molecule has 2 aromatic rings. The predicted molar refractivity (Wildman–Crippen MR) is 112 cm³/mol. The summed E-state index contributed by atoms with van der Waals surface area (Å²) >= 11 is 0. The Bertz CT molecular complexity index is 1020. The zero-order chi connectivity index (χ0) is 22.3. The van der Waals surface area contributed by atoms with Crippen molar-refractivity contribution >= 4 is 0 Å². The fourth-order valence-electron chi connectivity index (χ4n) is 5.00. The number of methoxy groups -OCH3 is 1. The highest BCUT2D eigenvalue weighted by atomic mass is 19.4. The van der Waals surface area contributed by atoms with Crippen LogP contribution in [0.25, 0.3) is 0 Å². The van der Waals surface area contributed by atoms with Crippen LogP contribution in [0.15, 0.2) is 35.1 Å². The molecule has 8 heteroatoms. The van der Waals surface area contributed by atoms with E-state index in [1.807, 2.05) is 29.6 Å². The Kier molecular flexibility index (Phi) is 5.87. The summed E-state index contributed by atoms with van der Waals surface area (Å²) < 4.78 is 46.8. The van der Waals surface area contributed by atoms with Crippen LogP contribution in [0.5, 0.6) is 5.75 Å². The number of likely N-dealkylation sites (tertiary alicyclic amines) is 1. The van der Waals surface area contributed by atoms with Crippen molar-refractivity contribution in [1.29, 1.82) is 0 Å². The molecule has 2 atom stereocenters. The van der Waals surface area contributed by atoms with Crippen LogP contribution in [-0.4, -0.2) is 48.7 Å². The molecular weight excluding hydrogens is 407 g/mol. The van der Waals surface area contributed by atoms with Crippen molar-refractivity contribution in [1.82, 2.24) is 14.4 Å². The monoisotopic (exact) mass is 435 g/mol. The molecule has 2 bridgehead atoms. The Balaban J connectivity index is 1.58. The van der Waals surface area contributed by atoms with Crippen molar-refractivity contribution in [2.75, 3.05) is 34.3 Å². The van der Waals surface area contributed by atoms with Gasteiger partial charge in [-0.05, 0) is 50.7 Å². The summed E-state index contributed by atoms with van der Waals surface area (Å²) in [5, 5.41) is 0. The lowest BCUT2D eigenvalue weighted by atomic mass is 9.82. The van der Waals surface area contributed by atoms with Crippen molar-refractivity contribution in [2.45, 2.75) is 38.1 Å². The summed E-state index contributed by atoms with van der Waals surface area (Å²) in [5.74, 6) is 0.967. The number of aromatic nitrogens is 1. The lowest BCUT2D eigenvalue weighted by Crippen LogP contribution is -2.47. The van der Waals surface area contributed by atoms with E-state index in [0.717, 1.165) is 30.3 Å². The number of benzene rings is 1. The maximum absolute atomic E-state index is 13.2. The SMILES string of the molecule is COc1ccc(C(F)(F)F)cc1CN1C[C@@H]2C[C@H](C1)c1ccc(CN(C)C)c(=O)n1C2.